The van der Waals surface area contributed by atoms with E-state index in [-0.39, 0.29) is 24.4 Å². The first-order valence-corrected chi connectivity index (χ1v) is 7.32. The summed E-state index contributed by atoms with van der Waals surface area (Å²) in [5, 5.41) is 3.02. The first-order valence-electron chi connectivity index (χ1n) is 7.32. The van der Waals surface area contributed by atoms with E-state index in [2.05, 4.69) is 29.6 Å². The average Bonchev–Trinajstić information content (AvgIpc) is 2.50. The van der Waals surface area contributed by atoms with Gasteiger partial charge in [-0.15, -0.1) is 12.4 Å². The predicted molar refractivity (Wildman–Crippen MR) is 86.8 cm³/mol. The number of amides is 1. The van der Waals surface area contributed by atoms with Crippen LogP contribution >= 0.6 is 12.4 Å². The van der Waals surface area contributed by atoms with Gasteiger partial charge in [0.2, 0.25) is 5.91 Å². The number of nitrogens with one attached hydrogen (secondary N) is 1. The molecule has 3 N–H and O–H groups in total. The Morgan fingerprint density at radius 1 is 1.48 bits per heavy atom. The van der Waals surface area contributed by atoms with Gasteiger partial charge in [-0.05, 0) is 30.4 Å². The van der Waals surface area contributed by atoms with Crippen molar-refractivity contribution < 1.29 is 9.53 Å². The van der Waals surface area contributed by atoms with Gasteiger partial charge in [0.15, 0.2) is 0 Å². The molecule has 2 unspecified atom stereocenters. The first kappa shape index (κ1) is 18.0. The van der Waals surface area contributed by atoms with E-state index < -0.39 is 0 Å². The Morgan fingerprint density at radius 3 is 2.95 bits per heavy atom. The summed E-state index contributed by atoms with van der Waals surface area (Å²) in [6, 6.07) is 8.54. The Bertz CT molecular complexity index is 450. The van der Waals surface area contributed by atoms with Crippen LogP contribution in [0, 0.1) is 0 Å². The van der Waals surface area contributed by atoms with Crippen LogP contribution in [-0.2, 0) is 16.0 Å². The van der Waals surface area contributed by atoms with E-state index in [1.165, 1.54) is 17.5 Å². The van der Waals surface area contributed by atoms with Crippen LogP contribution < -0.4 is 11.1 Å². The quantitative estimate of drug-likeness (QED) is 0.844. The summed E-state index contributed by atoms with van der Waals surface area (Å²) in [4.78, 5) is 11.9. The van der Waals surface area contributed by atoms with Crippen molar-refractivity contribution in [2.75, 3.05) is 20.2 Å². The van der Waals surface area contributed by atoms with E-state index in [1.54, 1.807) is 7.11 Å². The molecule has 5 heteroatoms. The highest BCUT2D eigenvalue weighted by Gasteiger charge is 2.20. The number of fused-ring (bicyclic) bond motifs is 1. The molecule has 1 aliphatic rings. The van der Waals surface area contributed by atoms with Gasteiger partial charge in [-0.25, -0.2) is 0 Å². The Hall–Kier alpha value is -1.10. The molecule has 4 nitrogen and oxygen atoms in total. The number of nitrogens with two attached hydrogens (primary N) is 1. The molecule has 0 spiro atoms. The van der Waals surface area contributed by atoms with Gasteiger partial charge >= 0.3 is 0 Å². The van der Waals surface area contributed by atoms with Crippen LogP contribution in [0.3, 0.4) is 0 Å². The fourth-order valence-corrected chi connectivity index (χ4v) is 2.85. The number of halogens is 1. The molecule has 118 valence electrons. The SMILES string of the molecule is COC(CN)CC(=O)NCC1CCCc2ccccc21.Cl. The van der Waals surface area contributed by atoms with Crippen molar-refractivity contribution in [2.24, 2.45) is 5.73 Å². The number of rotatable bonds is 6. The smallest absolute Gasteiger partial charge is 0.222 e. The monoisotopic (exact) mass is 312 g/mol. The summed E-state index contributed by atoms with van der Waals surface area (Å²) >= 11 is 0. The molecule has 0 aliphatic heterocycles. The number of carbonyl (C=O) groups excluding carboxylic acids is 1. The van der Waals surface area contributed by atoms with Crippen LogP contribution in [-0.4, -0.2) is 32.2 Å². The number of hydrogen-bond acceptors (Lipinski definition) is 3. The number of hydrogen-bond donors (Lipinski definition) is 2. The first-order chi connectivity index (χ1) is 9.74. The van der Waals surface area contributed by atoms with Crippen LogP contribution in [0.4, 0.5) is 0 Å². The third-order valence-corrected chi connectivity index (χ3v) is 4.05. The highest BCUT2D eigenvalue weighted by molar-refractivity contribution is 5.85. The lowest BCUT2D eigenvalue weighted by molar-refractivity contribution is -0.123. The molecule has 0 saturated heterocycles. The average molecular weight is 313 g/mol. The van der Waals surface area contributed by atoms with Gasteiger partial charge in [0.05, 0.1) is 12.5 Å². The second-order valence-electron chi connectivity index (χ2n) is 5.39. The highest BCUT2D eigenvalue weighted by atomic mass is 35.5. The minimum Gasteiger partial charge on any atom is -0.380 e. The van der Waals surface area contributed by atoms with Crippen LogP contribution in [0.15, 0.2) is 24.3 Å². The van der Waals surface area contributed by atoms with Gasteiger partial charge in [0, 0.05) is 26.1 Å². The molecule has 0 heterocycles. The lowest BCUT2D eigenvalue weighted by Gasteiger charge is -2.26. The molecule has 1 amide bonds. The number of carbonyl (C=O) groups is 1. The fourth-order valence-electron chi connectivity index (χ4n) is 2.85. The van der Waals surface area contributed by atoms with Gasteiger partial charge in [0.25, 0.3) is 0 Å². The molecule has 1 aliphatic carbocycles. The third kappa shape index (κ3) is 4.99. The van der Waals surface area contributed by atoms with Crippen molar-refractivity contribution in [1.29, 1.82) is 0 Å². The molecule has 2 rings (SSSR count). The molecule has 2 atom stereocenters. The minimum atomic E-state index is -0.186. The van der Waals surface area contributed by atoms with Crippen LogP contribution in [0.1, 0.15) is 36.3 Å². The lowest BCUT2D eigenvalue weighted by Crippen LogP contribution is -2.34. The van der Waals surface area contributed by atoms with Gasteiger partial charge < -0.3 is 15.8 Å². The van der Waals surface area contributed by atoms with Gasteiger partial charge in [-0.1, -0.05) is 24.3 Å². The Balaban J connectivity index is 0.00000220. The van der Waals surface area contributed by atoms with Crippen molar-refractivity contribution in [3.8, 4) is 0 Å². The van der Waals surface area contributed by atoms with Crippen molar-refractivity contribution in [3.63, 3.8) is 0 Å². The van der Waals surface area contributed by atoms with Gasteiger partial charge in [-0.3, -0.25) is 4.79 Å². The van der Waals surface area contributed by atoms with E-state index in [0.717, 1.165) is 12.8 Å². The van der Waals surface area contributed by atoms with Crippen LogP contribution in [0.5, 0.6) is 0 Å². The molecule has 1 aromatic carbocycles. The molecular weight excluding hydrogens is 288 g/mol. The molecule has 0 aromatic heterocycles. The van der Waals surface area contributed by atoms with Crippen molar-refractivity contribution in [2.45, 2.75) is 37.7 Å². The van der Waals surface area contributed by atoms with Crippen molar-refractivity contribution in [3.05, 3.63) is 35.4 Å². The summed E-state index contributed by atoms with van der Waals surface area (Å²) in [5.74, 6) is 0.452. The molecular formula is C16H25ClN2O2. The number of methoxy groups -OCH3 is 1. The maximum Gasteiger partial charge on any atom is 0.222 e. The fraction of sp³-hybridized carbons (Fsp3) is 0.562. The standard InChI is InChI=1S/C16H24N2O2.ClH/c1-20-14(10-17)9-16(19)18-11-13-7-4-6-12-5-2-3-8-15(12)13;/h2-3,5,8,13-14H,4,6-7,9-11,17H2,1H3,(H,18,19);1H. The summed E-state index contributed by atoms with van der Waals surface area (Å²) in [6.07, 6.45) is 3.64. The van der Waals surface area contributed by atoms with E-state index in [9.17, 15) is 4.79 Å². The minimum absolute atomic E-state index is 0. The summed E-state index contributed by atoms with van der Waals surface area (Å²) < 4.78 is 5.13. The molecule has 1 aromatic rings. The number of benzene rings is 1. The largest absolute Gasteiger partial charge is 0.380 e. The molecule has 0 bridgehead atoms. The van der Waals surface area contributed by atoms with Gasteiger partial charge in [0.1, 0.15) is 0 Å². The molecule has 0 saturated carbocycles. The zero-order valence-corrected chi connectivity index (χ0v) is 13.3. The summed E-state index contributed by atoms with van der Waals surface area (Å²) in [7, 11) is 1.59. The molecule has 0 fully saturated rings. The normalized spacial score (nSPS) is 18.3. The van der Waals surface area contributed by atoms with E-state index in [0.29, 0.717) is 25.4 Å². The molecule has 21 heavy (non-hydrogen) atoms. The van der Waals surface area contributed by atoms with E-state index in [1.807, 2.05) is 0 Å². The van der Waals surface area contributed by atoms with E-state index >= 15 is 0 Å². The maximum absolute atomic E-state index is 11.9. The Morgan fingerprint density at radius 2 is 2.24 bits per heavy atom. The second kappa shape index (κ2) is 9.03. The third-order valence-electron chi connectivity index (χ3n) is 4.05. The predicted octanol–water partition coefficient (Wildman–Crippen LogP) is 2.01. The van der Waals surface area contributed by atoms with Crippen LogP contribution in [0.2, 0.25) is 0 Å². The highest BCUT2D eigenvalue weighted by Crippen LogP contribution is 2.30. The number of ether oxygens (including phenoxy) is 1. The summed E-state index contributed by atoms with van der Waals surface area (Å²) in [6.45, 7) is 1.08. The van der Waals surface area contributed by atoms with Crippen LogP contribution in [0.25, 0.3) is 0 Å². The van der Waals surface area contributed by atoms with E-state index in [4.69, 9.17) is 10.5 Å². The second-order valence-corrected chi connectivity index (χ2v) is 5.39. The van der Waals surface area contributed by atoms with Gasteiger partial charge in [-0.2, -0.15) is 0 Å². The maximum atomic E-state index is 11.9. The van der Waals surface area contributed by atoms with Crippen molar-refractivity contribution in [1.82, 2.24) is 5.32 Å². The lowest BCUT2D eigenvalue weighted by atomic mass is 9.83. The zero-order valence-electron chi connectivity index (χ0n) is 12.5. The Labute approximate surface area is 132 Å². The van der Waals surface area contributed by atoms with Crippen molar-refractivity contribution >= 4 is 18.3 Å². The topological polar surface area (TPSA) is 64.3 Å². The molecule has 0 radical (unpaired) electrons. The Kier molecular flexibility index (Phi) is 7.72. The zero-order chi connectivity index (χ0) is 14.4. The number of aryl methyl sites for hydroxylation is 1. The summed E-state index contributed by atoms with van der Waals surface area (Å²) in [5.41, 5.74) is 8.34.